The SMILES string of the molecule is NCC1CCCN1c1nccs1. The Labute approximate surface area is 76.2 Å². The van der Waals surface area contributed by atoms with Crippen molar-refractivity contribution in [3.63, 3.8) is 0 Å². The van der Waals surface area contributed by atoms with Gasteiger partial charge in [-0.3, -0.25) is 0 Å². The molecule has 0 aliphatic carbocycles. The zero-order chi connectivity index (χ0) is 8.39. The molecular formula is C8H13N3S. The number of aromatic nitrogens is 1. The molecule has 0 radical (unpaired) electrons. The third-order valence-corrected chi connectivity index (χ3v) is 3.12. The topological polar surface area (TPSA) is 42.1 Å². The number of thiazole rings is 1. The van der Waals surface area contributed by atoms with Crippen molar-refractivity contribution in [1.82, 2.24) is 4.98 Å². The van der Waals surface area contributed by atoms with Crippen molar-refractivity contribution >= 4 is 16.5 Å². The first-order chi connectivity index (χ1) is 5.92. The number of hydrogen-bond donors (Lipinski definition) is 1. The van der Waals surface area contributed by atoms with Crippen molar-refractivity contribution in [2.75, 3.05) is 18.0 Å². The Balaban J connectivity index is 2.13. The van der Waals surface area contributed by atoms with Crippen LogP contribution in [0.5, 0.6) is 0 Å². The molecule has 2 N–H and O–H groups in total. The molecule has 3 nitrogen and oxygen atoms in total. The summed E-state index contributed by atoms with van der Waals surface area (Å²) < 4.78 is 0. The third kappa shape index (κ3) is 1.32. The molecule has 0 aromatic carbocycles. The van der Waals surface area contributed by atoms with E-state index in [0.29, 0.717) is 6.04 Å². The van der Waals surface area contributed by atoms with E-state index in [1.807, 2.05) is 11.6 Å². The fourth-order valence-electron chi connectivity index (χ4n) is 1.69. The fourth-order valence-corrected chi connectivity index (χ4v) is 2.43. The lowest BCUT2D eigenvalue weighted by Gasteiger charge is -2.22. The van der Waals surface area contributed by atoms with E-state index in [1.165, 1.54) is 12.8 Å². The molecule has 1 aromatic rings. The van der Waals surface area contributed by atoms with Gasteiger partial charge < -0.3 is 10.6 Å². The highest BCUT2D eigenvalue weighted by Crippen LogP contribution is 2.26. The minimum absolute atomic E-state index is 0.524. The molecule has 1 aliphatic heterocycles. The maximum absolute atomic E-state index is 5.67. The number of anilines is 1. The Morgan fingerprint density at radius 1 is 1.75 bits per heavy atom. The summed E-state index contributed by atoms with van der Waals surface area (Å²) >= 11 is 1.70. The van der Waals surface area contributed by atoms with E-state index in [2.05, 4.69) is 9.88 Å². The second kappa shape index (κ2) is 3.41. The van der Waals surface area contributed by atoms with E-state index < -0.39 is 0 Å². The van der Waals surface area contributed by atoms with Gasteiger partial charge in [-0.05, 0) is 12.8 Å². The average molecular weight is 183 g/mol. The van der Waals surface area contributed by atoms with E-state index in [-0.39, 0.29) is 0 Å². The highest BCUT2D eigenvalue weighted by molar-refractivity contribution is 7.13. The highest BCUT2D eigenvalue weighted by atomic mass is 32.1. The number of hydrogen-bond acceptors (Lipinski definition) is 4. The van der Waals surface area contributed by atoms with Gasteiger partial charge in [-0.25, -0.2) is 4.98 Å². The zero-order valence-corrected chi connectivity index (χ0v) is 7.76. The van der Waals surface area contributed by atoms with Gasteiger partial charge in [0, 0.05) is 30.7 Å². The molecule has 66 valence electrons. The first kappa shape index (κ1) is 8.01. The monoisotopic (exact) mass is 183 g/mol. The molecule has 0 spiro atoms. The molecule has 1 aliphatic rings. The van der Waals surface area contributed by atoms with Crippen LogP contribution in [0.4, 0.5) is 5.13 Å². The first-order valence-corrected chi connectivity index (χ1v) is 5.16. The van der Waals surface area contributed by atoms with E-state index in [0.717, 1.165) is 18.2 Å². The largest absolute Gasteiger partial charge is 0.344 e. The van der Waals surface area contributed by atoms with Gasteiger partial charge in [0.15, 0.2) is 5.13 Å². The molecule has 0 bridgehead atoms. The van der Waals surface area contributed by atoms with Gasteiger partial charge in [0.25, 0.3) is 0 Å². The van der Waals surface area contributed by atoms with Crippen LogP contribution in [0, 0.1) is 0 Å². The second-order valence-corrected chi connectivity index (χ2v) is 3.91. The summed E-state index contributed by atoms with van der Waals surface area (Å²) in [7, 11) is 0. The Bertz CT molecular complexity index is 234. The first-order valence-electron chi connectivity index (χ1n) is 4.28. The zero-order valence-electron chi connectivity index (χ0n) is 6.94. The van der Waals surface area contributed by atoms with Crippen molar-refractivity contribution in [2.45, 2.75) is 18.9 Å². The van der Waals surface area contributed by atoms with Crippen LogP contribution in [0.1, 0.15) is 12.8 Å². The van der Waals surface area contributed by atoms with Crippen LogP contribution in [0.3, 0.4) is 0 Å². The van der Waals surface area contributed by atoms with Gasteiger partial charge in [0.05, 0.1) is 0 Å². The van der Waals surface area contributed by atoms with Gasteiger partial charge >= 0.3 is 0 Å². The number of nitrogens with two attached hydrogens (primary N) is 1. The van der Waals surface area contributed by atoms with Gasteiger partial charge in [-0.2, -0.15) is 0 Å². The molecule has 1 fully saturated rings. The summed E-state index contributed by atoms with van der Waals surface area (Å²) in [4.78, 5) is 6.61. The molecule has 0 saturated carbocycles. The predicted octanol–water partition coefficient (Wildman–Crippen LogP) is 1.07. The molecule has 1 saturated heterocycles. The number of nitrogens with zero attached hydrogens (tertiary/aromatic N) is 2. The molecule has 1 atom stereocenters. The van der Waals surface area contributed by atoms with Crippen LogP contribution >= 0.6 is 11.3 Å². The smallest absolute Gasteiger partial charge is 0.185 e. The maximum atomic E-state index is 5.67. The van der Waals surface area contributed by atoms with Crippen LogP contribution in [-0.4, -0.2) is 24.1 Å². The number of rotatable bonds is 2. The van der Waals surface area contributed by atoms with Crippen molar-refractivity contribution in [3.8, 4) is 0 Å². The second-order valence-electron chi connectivity index (χ2n) is 3.04. The van der Waals surface area contributed by atoms with E-state index >= 15 is 0 Å². The van der Waals surface area contributed by atoms with E-state index in [1.54, 1.807) is 11.3 Å². The Kier molecular flexibility index (Phi) is 2.28. The Morgan fingerprint density at radius 3 is 3.33 bits per heavy atom. The summed E-state index contributed by atoms with van der Waals surface area (Å²) in [6.45, 7) is 1.87. The standard InChI is InChI=1S/C8H13N3S/c9-6-7-2-1-4-11(7)8-10-3-5-12-8/h3,5,7H,1-2,4,6,9H2. The lowest BCUT2D eigenvalue weighted by Crippen LogP contribution is -2.35. The Hall–Kier alpha value is -0.610. The summed E-state index contributed by atoms with van der Waals surface area (Å²) in [5.74, 6) is 0. The third-order valence-electron chi connectivity index (χ3n) is 2.31. The van der Waals surface area contributed by atoms with E-state index in [4.69, 9.17) is 5.73 Å². The summed E-state index contributed by atoms with van der Waals surface area (Å²) in [6, 6.07) is 0.524. The lowest BCUT2D eigenvalue weighted by atomic mass is 10.2. The van der Waals surface area contributed by atoms with Crippen LogP contribution < -0.4 is 10.6 Å². The van der Waals surface area contributed by atoms with E-state index in [9.17, 15) is 0 Å². The molecular weight excluding hydrogens is 170 g/mol. The van der Waals surface area contributed by atoms with Crippen molar-refractivity contribution < 1.29 is 0 Å². The van der Waals surface area contributed by atoms with Crippen molar-refractivity contribution in [2.24, 2.45) is 5.73 Å². The summed E-state index contributed by atoms with van der Waals surface area (Å²) in [5.41, 5.74) is 5.67. The minimum Gasteiger partial charge on any atom is -0.344 e. The quantitative estimate of drug-likeness (QED) is 0.745. The Morgan fingerprint density at radius 2 is 2.67 bits per heavy atom. The average Bonchev–Trinajstić information content (AvgIpc) is 2.74. The van der Waals surface area contributed by atoms with Gasteiger partial charge in [0.2, 0.25) is 0 Å². The minimum atomic E-state index is 0.524. The van der Waals surface area contributed by atoms with Crippen LogP contribution in [0.2, 0.25) is 0 Å². The summed E-state index contributed by atoms with van der Waals surface area (Å²) in [6.07, 6.45) is 4.32. The van der Waals surface area contributed by atoms with Gasteiger partial charge in [-0.1, -0.05) is 0 Å². The van der Waals surface area contributed by atoms with Gasteiger partial charge in [-0.15, -0.1) is 11.3 Å². The lowest BCUT2D eigenvalue weighted by molar-refractivity contribution is 0.676. The fraction of sp³-hybridized carbons (Fsp3) is 0.625. The maximum Gasteiger partial charge on any atom is 0.185 e. The predicted molar refractivity (Wildman–Crippen MR) is 51.5 cm³/mol. The molecule has 2 rings (SSSR count). The van der Waals surface area contributed by atoms with Crippen LogP contribution in [-0.2, 0) is 0 Å². The highest BCUT2D eigenvalue weighted by Gasteiger charge is 2.24. The molecule has 12 heavy (non-hydrogen) atoms. The van der Waals surface area contributed by atoms with Crippen molar-refractivity contribution in [1.29, 1.82) is 0 Å². The van der Waals surface area contributed by atoms with Crippen LogP contribution in [0.15, 0.2) is 11.6 Å². The molecule has 2 heterocycles. The molecule has 4 heteroatoms. The van der Waals surface area contributed by atoms with Gasteiger partial charge in [0.1, 0.15) is 0 Å². The molecule has 0 amide bonds. The normalized spacial score (nSPS) is 23.4. The molecule has 1 unspecified atom stereocenters. The molecule has 1 aromatic heterocycles. The van der Waals surface area contributed by atoms with Crippen LogP contribution in [0.25, 0.3) is 0 Å². The van der Waals surface area contributed by atoms with Crippen molar-refractivity contribution in [3.05, 3.63) is 11.6 Å². The summed E-state index contributed by atoms with van der Waals surface area (Å²) in [5, 5.41) is 3.14.